The first-order valence-electron chi connectivity index (χ1n) is 7.40. The number of nitrogens with one attached hydrogen (secondary N) is 2. The van der Waals surface area contributed by atoms with Gasteiger partial charge >= 0.3 is 0 Å². The molecule has 4 nitrogen and oxygen atoms in total. The van der Waals surface area contributed by atoms with Gasteiger partial charge < -0.3 is 15.4 Å². The van der Waals surface area contributed by atoms with Crippen LogP contribution in [0.25, 0.3) is 0 Å². The number of carbonyl (C=O) groups is 1. The number of ether oxygens (including phenoxy) is 1. The van der Waals surface area contributed by atoms with Gasteiger partial charge in [-0.2, -0.15) is 0 Å². The molecule has 0 aliphatic carbocycles. The number of hydrogen-bond acceptors (Lipinski definition) is 3. The van der Waals surface area contributed by atoms with Gasteiger partial charge in [0.15, 0.2) is 0 Å². The Labute approximate surface area is 120 Å². The van der Waals surface area contributed by atoms with E-state index in [9.17, 15) is 4.79 Å². The van der Waals surface area contributed by atoms with Crippen molar-refractivity contribution in [3.05, 3.63) is 24.3 Å². The SMILES string of the molecule is CC(C)COc1ccccc1NC(=O)CC1CCCN1. The lowest BCUT2D eigenvalue weighted by Gasteiger charge is -2.15. The summed E-state index contributed by atoms with van der Waals surface area (Å²) in [5.74, 6) is 1.25. The highest BCUT2D eigenvalue weighted by Gasteiger charge is 2.18. The molecule has 20 heavy (non-hydrogen) atoms. The quantitative estimate of drug-likeness (QED) is 0.840. The van der Waals surface area contributed by atoms with Crippen molar-refractivity contribution in [3.63, 3.8) is 0 Å². The van der Waals surface area contributed by atoms with Crippen molar-refractivity contribution in [2.45, 2.75) is 39.2 Å². The summed E-state index contributed by atoms with van der Waals surface area (Å²) in [7, 11) is 0. The molecule has 0 bridgehead atoms. The fraction of sp³-hybridized carbons (Fsp3) is 0.562. The van der Waals surface area contributed by atoms with Gasteiger partial charge in [-0.1, -0.05) is 26.0 Å². The van der Waals surface area contributed by atoms with Crippen LogP contribution in [0, 0.1) is 5.92 Å². The van der Waals surface area contributed by atoms with Crippen LogP contribution in [0.5, 0.6) is 5.75 Å². The highest BCUT2D eigenvalue weighted by atomic mass is 16.5. The first-order valence-corrected chi connectivity index (χ1v) is 7.40. The highest BCUT2D eigenvalue weighted by molar-refractivity contribution is 5.92. The predicted molar refractivity (Wildman–Crippen MR) is 81.0 cm³/mol. The Morgan fingerprint density at radius 1 is 1.45 bits per heavy atom. The molecule has 1 unspecified atom stereocenters. The van der Waals surface area contributed by atoms with Crippen molar-refractivity contribution >= 4 is 11.6 Å². The maximum Gasteiger partial charge on any atom is 0.226 e. The smallest absolute Gasteiger partial charge is 0.226 e. The Balaban J connectivity index is 1.91. The summed E-state index contributed by atoms with van der Waals surface area (Å²) >= 11 is 0. The van der Waals surface area contributed by atoms with Crippen molar-refractivity contribution < 1.29 is 9.53 Å². The maximum atomic E-state index is 12.1. The number of para-hydroxylation sites is 2. The molecule has 0 saturated carbocycles. The number of anilines is 1. The Bertz CT molecular complexity index is 440. The van der Waals surface area contributed by atoms with Crippen LogP contribution in [0.4, 0.5) is 5.69 Å². The van der Waals surface area contributed by atoms with Crippen LogP contribution in [0.15, 0.2) is 24.3 Å². The summed E-state index contributed by atoms with van der Waals surface area (Å²) in [6.45, 7) is 5.88. The van der Waals surface area contributed by atoms with Crippen LogP contribution in [-0.4, -0.2) is 25.1 Å². The van der Waals surface area contributed by atoms with Gasteiger partial charge in [0.05, 0.1) is 12.3 Å². The highest BCUT2D eigenvalue weighted by Crippen LogP contribution is 2.24. The topological polar surface area (TPSA) is 50.4 Å². The van der Waals surface area contributed by atoms with Crippen molar-refractivity contribution in [1.82, 2.24) is 5.32 Å². The van der Waals surface area contributed by atoms with Crippen LogP contribution in [-0.2, 0) is 4.79 Å². The Hall–Kier alpha value is -1.55. The largest absolute Gasteiger partial charge is 0.491 e. The fourth-order valence-electron chi connectivity index (χ4n) is 2.31. The molecular formula is C16H24N2O2. The lowest BCUT2D eigenvalue weighted by Crippen LogP contribution is -2.27. The summed E-state index contributed by atoms with van der Waals surface area (Å²) < 4.78 is 5.74. The number of hydrogen-bond donors (Lipinski definition) is 2. The normalized spacial score (nSPS) is 18.2. The third-order valence-electron chi connectivity index (χ3n) is 3.33. The molecule has 0 radical (unpaired) electrons. The van der Waals surface area contributed by atoms with Gasteiger partial charge in [-0.15, -0.1) is 0 Å². The van der Waals surface area contributed by atoms with Crippen LogP contribution in [0.3, 0.4) is 0 Å². The van der Waals surface area contributed by atoms with E-state index in [1.807, 2.05) is 24.3 Å². The Morgan fingerprint density at radius 2 is 2.25 bits per heavy atom. The molecule has 2 rings (SSSR count). The van der Waals surface area contributed by atoms with Crippen molar-refractivity contribution in [1.29, 1.82) is 0 Å². The summed E-state index contributed by atoms with van der Waals surface area (Å²) in [6, 6.07) is 7.93. The van der Waals surface area contributed by atoms with Gasteiger partial charge in [0, 0.05) is 12.5 Å². The molecule has 1 amide bonds. The zero-order chi connectivity index (χ0) is 14.4. The predicted octanol–water partition coefficient (Wildman–Crippen LogP) is 2.80. The van der Waals surface area contributed by atoms with Crippen molar-refractivity contribution in [2.75, 3.05) is 18.5 Å². The van der Waals surface area contributed by atoms with Crippen LogP contribution >= 0.6 is 0 Å². The second-order valence-corrected chi connectivity index (χ2v) is 5.75. The number of rotatable bonds is 6. The minimum Gasteiger partial charge on any atom is -0.491 e. The molecule has 1 aliphatic rings. The molecule has 4 heteroatoms. The average molecular weight is 276 g/mol. The Kier molecular flexibility index (Phi) is 5.41. The molecule has 1 heterocycles. The van der Waals surface area contributed by atoms with Crippen LogP contribution in [0.1, 0.15) is 33.1 Å². The van der Waals surface area contributed by atoms with Gasteiger partial charge in [0.25, 0.3) is 0 Å². The summed E-state index contributed by atoms with van der Waals surface area (Å²) in [4.78, 5) is 12.1. The second-order valence-electron chi connectivity index (χ2n) is 5.75. The molecule has 2 N–H and O–H groups in total. The van der Waals surface area contributed by atoms with Gasteiger partial charge in [-0.3, -0.25) is 4.79 Å². The van der Waals surface area contributed by atoms with Gasteiger partial charge in [0.1, 0.15) is 5.75 Å². The van der Waals surface area contributed by atoms with Gasteiger partial charge in [-0.25, -0.2) is 0 Å². The summed E-state index contributed by atoms with van der Waals surface area (Å²) in [5, 5.41) is 6.29. The zero-order valence-electron chi connectivity index (χ0n) is 12.3. The molecule has 1 aromatic rings. The van der Waals surface area contributed by atoms with E-state index in [-0.39, 0.29) is 5.91 Å². The number of carbonyl (C=O) groups excluding carboxylic acids is 1. The van der Waals surface area contributed by atoms with E-state index < -0.39 is 0 Å². The molecule has 1 atom stereocenters. The fourth-order valence-corrected chi connectivity index (χ4v) is 2.31. The number of amides is 1. The van der Waals surface area contributed by atoms with Crippen molar-refractivity contribution in [3.8, 4) is 5.75 Å². The molecule has 110 valence electrons. The van der Waals surface area contributed by atoms with E-state index in [4.69, 9.17) is 4.74 Å². The minimum atomic E-state index is 0.0463. The monoisotopic (exact) mass is 276 g/mol. The minimum absolute atomic E-state index is 0.0463. The van der Waals surface area contributed by atoms with E-state index in [1.165, 1.54) is 0 Å². The zero-order valence-corrected chi connectivity index (χ0v) is 12.3. The van der Waals surface area contributed by atoms with Crippen LogP contribution in [0.2, 0.25) is 0 Å². The molecule has 1 aromatic carbocycles. The van der Waals surface area contributed by atoms with E-state index in [0.717, 1.165) is 30.8 Å². The molecule has 0 spiro atoms. The van der Waals surface area contributed by atoms with Gasteiger partial charge in [-0.05, 0) is 37.4 Å². The van der Waals surface area contributed by atoms with Crippen molar-refractivity contribution in [2.24, 2.45) is 5.92 Å². The Morgan fingerprint density at radius 3 is 2.95 bits per heavy atom. The molecule has 0 aromatic heterocycles. The standard InChI is InChI=1S/C16H24N2O2/c1-12(2)11-20-15-8-4-3-7-14(15)18-16(19)10-13-6-5-9-17-13/h3-4,7-8,12-13,17H,5-6,9-11H2,1-2H3,(H,18,19). The molecular weight excluding hydrogens is 252 g/mol. The third-order valence-corrected chi connectivity index (χ3v) is 3.33. The molecule has 1 saturated heterocycles. The third kappa shape index (κ3) is 4.53. The van der Waals surface area contributed by atoms with E-state index >= 15 is 0 Å². The van der Waals surface area contributed by atoms with E-state index in [0.29, 0.717) is 25.0 Å². The van der Waals surface area contributed by atoms with Gasteiger partial charge in [0.2, 0.25) is 5.91 Å². The maximum absolute atomic E-state index is 12.1. The first-order chi connectivity index (χ1) is 9.65. The second kappa shape index (κ2) is 7.29. The lowest BCUT2D eigenvalue weighted by atomic mass is 10.1. The lowest BCUT2D eigenvalue weighted by molar-refractivity contribution is -0.116. The summed E-state index contributed by atoms with van der Waals surface area (Å²) in [5.41, 5.74) is 0.760. The molecule has 1 fully saturated rings. The van der Waals surface area contributed by atoms with E-state index in [1.54, 1.807) is 0 Å². The number of benzene rings is 1. The summed E-state index contributed by atoms with van der Waals surface area (Å²) in [6.07, 6.45) is 2.77. The molecule has 1 aliphatic heterocycles. The van der Waals surface area contributed by atoms with E-state index in [2.05, 4.69) is 24.5 Å². The average Bonchev–Trinajstić information content (AvgIpc) is 2.90. The van der Waals surface area contributed by atoms with Crippen LogP contribution < -0.4 is 15.4 Å². The first kappa shape index (κ1) is 14.9.